The lowest BCUT2D eigenvalue weighted by atomic mass is 10.2. The summed E-state index contributed by atoms with van der Waals surface area (Å²) in [6.07, 6.45) is 2.46. The lowest BCUT2D eigenvalue weighted by Gasteiger charge is -2.16. The van der Waals surface area contributed by atoms with E-state index in [1.807, 2.05) is 31.4 Å². The molecule has 0 bridgehead atoms. The Balaban J connectivity index is 2.07. The zero-order valence-corrected chi connectivity index (χ0v) is 15.5. The molecule has 0 saturated carbocycles. The van der Waals surface area contributed by atoms with Crippen molar-refractivity contribution in [2.75, 3.05) is 17.2 Å². The summed E-state index contributed by atoms with van der Waals surface area (Å²) in [7, 11) is 0. The highest BCUT2D eigenvalue weighted by atomic mass is 16.3. The normalized spacial score (nSPS) is 12.3. The third-order valence-corrected chi connectivity index (χ3v) is 4.24. The number of nitrogens with one attached hydrogen (secondary N) is 2. The molecule has 0 aliphatic carbocycles. The first-order chi connectivity index (χ1) is 13.0. The standard InChI is InChI=1S/C18H23N7O2/c1-4-12(9-26)21-18-22-16(20-13-6-5-7-14(8-13)24-27)15-17(23-18)25(10-19-15)11(2)3/h5-8,10-12,26H,4,9H2,1-3H3,(H2,20,21,22,23)/t12-/m1/s1. The van der Waals surface area contributed by atoms with Crippen LogP contribution in [0.2, 0.25) is 0 Å². The Kier molecular flexibility index (Phi) is 5.60. The largest absolute Gasteiger partial charge is 0.394 e. The van der Waals surface area contributed by atoms with Crippen LogP contribution in [0, 0.1) is 4.91 Å². The second-order valence-corrected chi connectivity index (χ2v) is 6.51. The molecule has 1 aromatic carbocycles. The zero-order chi connectivity index (χ0) is 19.4. The molecule has 9 heteroatoms. The van der Waals surface area contributed by atoms with Crippen molar-refractivity contribution in [1.29, 1.82) is 0 Å². The quantitative estimate of drug-likeness (QED) is 0.518. The molecule has 0 aliphatic rings. The molecule has 0 unspecified atom stereocenters. The summed E-state index contributed by atoms with van der Waals surface area (Å²) >= 11 is 0. The maximum Gasteiger partial charge on any atom is 0.227 e. The monoisotopic (exact) mass is 369 g/mol. The first-order valence-corrected chi connectivity index (χ1v) is 8.88. The number of anilines is 3. The smallest absolute Gasteiger partial charge is 0.227 e. The average molecular weight is 369 g/mol. The molecule has 0 aliphatic heterocycles. The van der Waals surface area contributed by atoms with Crippen molar-refractivity contribution >= 4 is 34.3 Å². The molecule has 0 radical (unpaired) electrons. The summed E-state index contributed by atoms with van der Waals surface area (Å²) in [5.41, 5.74) is 2.30. The molecule has 2 heterocycles. The number of imidazole rings is 1. The first-order valence-electron chi connectivity index (χ1n) is 8.88. The molecule has 3 rings (SSSR count). The maximum absolute atomic E-state index is 10.8. The van der Waals surface area contributed by atoms with Crippen LogP contribution in [-0.4, -0.2) is 37.3 Å². The van der Waals surface area contributed by atoms with Crippen LogP contribution < -0.4 is 10.6 Å². The predicted molar refractivity (Wildman–Crippen MR) is 106 cm³/mol. The number of aromatic nitrogens is 4. The maximum atomic E-state index is 10.8. The van der Waals surface area contributed by atoms with Gasteiger partial charge in [-0.25, -0.2) is 4.98 Å². The predicted octanol–water partition coefficient (Wildman–Crippen LogP) is 3.73. The lowest BCUT2D eigenvalue weighted by molar-refractivity contribution is 0.271. The van der Waals surface area contributed by atoms with E-state index in [0.717, 1.165) is 6.42 Å². The van der Waals surface area contributed by atoms with Gasteiger partial charge in [0.1, 0.15) is 5.69 Å². The van der Waals surface area contributed by atoms with Crippen molar-refractivity contribution in [1.82, 2.24) is 19.5 Å². The Labute approximate surface area is 156 Å². The highest BCUT2D eigenvalue weighted by molar-refractivity contribution is 5.87. The molecule has 0 saturated heterocycles. The number of hydrogen-bond acceptors (Lipinski definition) is 8. The van der Waals surface area contributed by atoms with Gasteiger partial charge in [0.2, 0.25) is 5.95 Å². The minimum atomic E-state index is -0.145. The van der Waals surface area contributed by atoms with E-state index >= 15 is 0 Å². The molecular formula is C18H23N7O2. The Hall–Kier alpha value is -3.07. The molecule has 0 spiro atoms. The molecular weight excluding hydrogens is 346 g/mol. The highest BCUT2D eigenvalue weighted by Gasteiger charge is 2.16. The van der Waals surface area contributed by atoms with Gasteiger partial charge < -0.3 is 20.3 Å². The highest BCUT2D eigenvalue weighted by Crippen LogP contribution is 2.27. The van der Waals surface area contributed by atoms with Crippen molar-refractivity contribution in [3.63, 3.8) is 0 Å². The van der Waals surface area contributed by atoms with Crippen LogP contribution in [0.25, 0.3) is 11.2 Å². The van der Waals surface area contributed by atoms with Gasteiger partial charge in [-0.15, -0.1) is 4.91 Å². The van der Waals surface area contributed by atoms with Crippen LogP contribution in [-0.2, 0) is 0 Å². The average Bonchev–Trinajstić information content (AvgIpc) is 3.10. The fraction of sp³-hybridized carbons (Fsp3) is 0.389. The molecule has 0 amide bonds. The van der Waals surface area contributed by atoms with E-state index in [2.05, 4.69) is 30.8 Å². The third-order valence-electron chi connectivity index (χ3n) is 4.24. The minimum absolute atomic E-state index is 0.0167. The van der Waals surface area contributed by atoms with E-state index in [1.54, 1.807) is 24.5 Å². The topological polar surface area (TPSA) is 117 Å². The Morgan fingerprint density at radius 3 is 2.78 bits per heavy atom. The van der Waals surface area contributed by atoms with E-state index in [-0.39, 0.29) is 18.7 Å². The summed E-state index contributed by atoms with van der Waals surface area (Å²) in [6.45, 7) is 6.05. The molecule has 27 heavy (non-hydrogen) atoms. The van der Waals surface area contributed by atoms with Gasteiger partial charge in [-0.2, -0.15) is 9.97 Å². The van der Waals surface area contributed by atoms with Crippen LogP contribution in [0.3, 0.4) is 0 Å². The molecule has 2 aromatic heterocycles. The molecule has 1 atom stereocenters. The van der Waals surface area contributed by atoms with Crippen molar-refractivity contribution < 1.29 is 5.11 Å². The van der Waals surface area contributed by atoms with Gasteiger partial charge in [0.05, 0.1) is 19.0 Å². The fourth-order valence-electron chi connectivity index (χ4n) is 2.68. The van der Waals surface area contributed by atoms with Gasteiger partial charge in [0.25, 0.3) is 0 Å². The second-order valence-electron chi connectivity index (χ2n) is 6.51. The van der Waals surface area contributed by atoms with Crippen LogP contribution in [0.4, 0.5) is 23.1 Å². The third kappa shape index (κ3) is 4.03. The Morgan fingerprint density at radius 2 is 2.11 bits per heavy atom. The number of aliphatic hydroxyl groups excluding tert-OH is 1. The van der Waals surface area contributed by atoms with Crippen LogP contribution in [0.5, 0.6) is 0 Å². The number of nitroso groups, excluding NO2 is 1. The van der Waals surface area contributed by atoms with E-state index in [9.17, 15) is 10.0 Å². The Bertz CT molecular complexity index is 935. The van der Waals surface area contributed by atoms with Gasteiger partial charge in [0.15, 0.2) is 17.0 Å². The number of nitrogens with zero attached hydrogens (tertiary/aromatic N) is 5. The van der Waals surface area contributed by atoms with Gasteiger partial charge in [-0.3, -0.25) is 0 Å². The number of hydrogen-bond donors (Lipinski definition) is 3. The van der Waals surface area contributed by atoms with E-state index < -0.39 is 0 Å². The van der Waals surface area contributed by atoms with E-state index in [1.165, 1.54) is 0 Å². The molecule has 0 fully saturated rings. The van der Waals surface area contributed by atoms with Crippen molar-refractivity contribution in [2.24, 2.45) is 5.18 Å². The van der Waals surface area contributed by atoms with Crippen molar-refractivity contribution in [3.05, 3.63) is 35.5 Å². The van der Waals surface area contributed by atoms with Gasteiger partial charge >= 0.3 is 0 Å². The number of fused-ring (bicyclic) bond motifs is 1. The molecule has 142 valence electrons. The van der Waals surface area contributed by atoms with Crippen LogP contribution >= 0.6 is 0 Å². The minimum Gasteiger partial charge on any atom is -0.394 e. The molecule has 3 N–H and O–H groups in total. The lowest BCUT2D eigenvalue weighted by Crippen LogP contribution is -2.24. The number of aliphatic hydroxyl groups is 1. The number of rotatable bonds is 8. The SMILES string of the molecule is CC[C@H](CO)Nc1nc(Nc2cccc(N=O)c2)c2ncn(C(C)C)c2n1. The van der Waals surface area contributed by atoms with Gasteiger partial charge in [0, 0.05) is 11.7 Å². The van der Waals surface area contributed by atoms with Crippen molar-refractivity contribution in [2.45, 2.75) is 39.3 Å². The van der Waals surface area contributed by atoms with Gasteiger partial charge in [-0.05, 0) is 43.6 Å². The fourth-order valence-corrected chi connectivity index (χ4v) is 2.68. The zero-order valence-electron chi connectivity index (χ0n) is 15.5. The van der Waals surface area contributed by atoms with Crippen LogP contribution in [0.15, 0.2) is 35.8 Å². The molecule has 3 aromatic rings. The summed E-state index contributed by atoms with van der Waals surface area (Å²) in [4.78, 5) is 24.4. The summed E-state index contributed by atoms with van der Waals surface area (Å²) in [6, 6.07) is 6.85. The summed E-state index contributed by atoms with van der Waals surface area (Å²) < 4.78 is 1.96. The summed E-state index contributed by atoms with van der Waals surface area (Å²) in [5, 5.41) is 18.8. The van der Waals surface area contributed by atoms with E-state index in [0.29, 0.717) is 34.3 Å². The molecule has 9 nitrogen and oxygen atoms in total. The van der Waals surface area contributed by atoms with Gasteiger partial charge in [-0.1, -0.05) is 13.0 Å². The summed E-state index contributed by atoms with van der Waals surface area (Å²) in [5.74, 6) is 0.913. The van der Waals surface area contributed by atoms with Crippen molar-refractivity contribution in [3.8, 4) is 0 Å². The first kappa shape index (κ1) is 18.7. The van der Waals surface area contributed by atoms with Crippen LogP contribution in [0.1, 0.15) is 33.2 Å². The van der Waals surface area contributed by atoms with E-state index in [4.69, 9.17) is 0 Å². The second kappa shape index (κ2) is 8.09. The Morgan fingerprint density at radius 1 is 1.30 bits per heavy atom. The number of benzene rings is 1.